The summed E-state index contributed by atoms with van der Waals surface area (Å²) in [4.78, 5) is 14.3. The van der Waals surface area contributed by atoms with E-state index >= 15 is 0 Å². The molecule has 1 amide bonds. The number of halogens is 1. The highest BCUT2D eigenvalue weighted by atomic mass is 32.2. The van der Waals surface area contributed by atoms with E-state index in [2.05, 4.69) is 6.58 Å². The topological polar surface area (TPSA) is 54.5 Å². The van der Waals surface area contributed by atoms with Gasteiger partial charge in [-0.1, -0.05) is 31.2 Å². The average molecular weight is 361 g/mol. The molecule has 0 aliphatic rings. The van der Waals surface area contributed by atoms with Crippen molar-refractivity contribution in [3.63, 3.8) is 0 Å². The van der Waals surface area contributed by atoms with Crippen molar-refractivity contribution in [2.45, 2.75) is 18.4 Å². The second-order valence-corrected chi connectivity index (χ2v) is 7.77. The van der Waals surface area contributed by atoms with Crippen molar-refractivity contribution in [3.8, 4) is 0 Å². The van der Waals surface area contributed by atoms with Gasteiger partial charge in [-0.05, 0) is 30.3 Å². The molecule has 0 atom stereocenters. The molecule has 0 aromatic heterocycles. The van der Waals surface area contributed by atoms with Crippen molar-refractivity contribution in [3.05, 3.63) is 78.1 Å². The molecule has 0 N–H and O–H groups in total. The summed E-state index contributed by atoms with van der Waals surface area (Å²) in [5, 5.41) is 0. The number of carbonyl (C=O) groups excluding carboxylic acids is 1. The minimum atomic E-state index is -3.32. The Morgan fingerprint density at radius 2 is 1.80 bits per heavy atom. The molecular formula is C19H20FNO3S. The summed E-state index contributed by atoms with van der Waals surface area (Å²) in [7, 11) is -3.32. The molecule has 0 bridgehead atoms. The van der Waals surface area contributed by atoms with E-state index < -0.39 is 9.84 Å². The van der Waals surface area contributed by atoms with Crippen LogP contribution >= 0.6 is 0 Å². The van der Waals surface area contributed by atoms with Crippen molar-refractivity contribution in [1.29, 1.82) is 0 Å². The maximum Gasteiger partial charge on any atom is 0.254 e. The predicted molar refractivity (Wildman–Crippen MR) is 95.5 cm³/mol. The van der Waals surface area contributed by atoms with E-state index in [1.165, 1.54) is 35.2 Å². The summed E-state index contributed by atoms with van der Waals surface area (Å²) in [6, 6.07) is 12.0. The summed E-state index contributed by atoms with van der Waals surface area (Å²) in [6.45, 7) is 5.55. The number of rotatable bonds is 7. The molecule has 0 unspecified atom stereocenters. The third-order valence-corrected chi connectivity index (χ3v) is 5.55. The Bertz CT molecular complexity index is 860. The maximum atomic E-state index is 13.8. The summed E-state index contributed by atoms with van der Waals surface area (Å²) in [5.74, 6) is -0.701. The number of sulfone groups is 1. The van der Waals surface area contributed by atoms with Crippen LogP contribution in [0.3, 0.4) is 0 Å². The van der Waals surface area contributed by atoms with Crippen LogP contribution in [0.15, 0.2) is 66.1 Å². The molecule has 0 saturated heterocycles. The monoisotopic (exact) mass is 361 g/mol. The van der Waals surface area contributed by atoms with Gasteiger partial charge in [-0.3, -0.25) is 4.79 Å². The van der Waals surface area contributed by atoms with Crippen LogP contribution in [0.1, 0.15) is 22.8 Å². The summed E-state index contributed by atoms with van der Waals surface area (Å²) >= 11 is 0. The van der Waals surface area contributed by atoms with Crippen LogP contribution in [0.2, 0.25) is 0 Å². The van der Waals surface area contributed by atoms with Crippen molar-refractivity contribution >= 4 is 15.7 Å². The Morgan fingerprint density at radius 1 is 1.16 bits per heavy atom. The SMILES string of the molecule is C=CCN(Cc1ccccc1F)C(=O)c1ccc(S(=O)(=O)CC)cc1. The van der Waals surface area contributed by atoms with E-state index in [1.807, 2.05) is 0 Å². The van der Waals surface area contributed by atoms with E-state index in [4.69, 9.17) is 0 Å². The minimum Gasteiger partial charge on any atom is -0.331 e. The van der Waals surface area contributed by atoms with Gasteiger partial charge in [-0.15, -0.1) is 6.58 Å². The maximum absolute atomic E-state index is 13.8. The summed E-state index contributed by atoms with van der Waals surface area (Å²) < 4.78 is 37.5. The lowest BCUT2D eigenvalue weighted by atomic mass is 10.1. The van der Waals surface area contributed by atoms with Crippen LogP contribution in [0, 0.1) is 5.82 Å². The van der Waals surface area contributed by atoms with Crippen molar-refractivity contribution in [1.82, 2.24) is 4.90 Å². The Balaban J connectivity index is 2.25. The van der Waals surface area contributed by atoms with Gasteiger partial charge in [0.25, 0.3) is 5.91 Å². The fourth-order valence-electron chi connectivity index (χ4n) is 2.36. The molecule has 0 fully saturated rings. The standard InChI is InChI=1S/C19H20FNO3S/c1-3-13-21(14-16-7-5-6-8-18(16)20)19(22)15-9-11-17(12-10-15)25(23,24)4-2/h3,5-12H,1,4,13-14H2,2H3. The van der Waals surface area contributed by atoms with Gasteiger partial charge in [-0.2, -0.15) is 0 Å². The molecule has 0 heterocycles. The van der Waals surface area contributed by atoms with E-state index in [0.717, 1.165) is 0 Å². The highest BCUT2D eigenvalue weighted by molar-refractivity contribution is 7.91. The minimum absolute atomic E-state index is 0.00380. The predicted octanol–water partition coefficient (Wildman–Crippen LogP) is 3.45. The van der Waals surface area contributed by atoms with Crippen LogP contribution in [-0.4, -0.2) is 31.5 Å². The van der Waals surface area contributed by atoms with E-state index in [0.29, 0.717) is 11.1 Å². The molecule has 0 radical (unpaired) electrons. The van der Waals surface area contributed by atoms with Gasteiger partial charge in [0.1, 0.15) is 5.82 Å². The molecule has 2 aromatic carbocycles. The molecule has 132 valence electrons. The van der Waals surface area contributed by atoms with Gasteiger partial charge in [0, 0.05) is 24.2 Å². The number of benzene rings is 2. The number of amides is 1. The second kappa shape index (κ2) is 8.07. The Morgan fingerprint density at radius 3 is 2.36 bits per heavy atom. The van der Waals surface area contributed by atoms with Gasteiger partial charge < -0.3 is 4.90 Å². The van der Waals surface area contributed by atoms with Crippen LogP contribution in [-0.2, 0) is 16.4 Å². The van der Waals surface area contributed by atoms with E-state index in [1.54, 1.807) is 31.2 Å². The lowest BCUT2D eigenvalue weighted by Gasteiger charge is -2.21. The molecule has 0 aliphatic carbocycles. The third kappa shape index (κ3) is 4.54. The Kier molecular flexibility index (Phi) is 6.09. The molecule has 4 nitrogen and oxygen atoms in total. The molecule has 25 heavy (non-hydrogen) atoms. The normalized spacial score (nSPS) is 11.1. The number of nitrogens with zero attached hydrogens (tertiary/aromatic N) is 1. The average Bonchev–Trinajstić information content (AvgIpc) is 2.62. The quantitative estimate of drug-likeness (QED) is 0.710. The zero-order valence-electron chi connectivity index (χ0n) is 14.0. The molecular weight excluding hydrogens is 341 g/mol. The lowest BCUT2D eigenvalue weighted by Crippen LogP contribution is -2.31. The van der Waals surface area contributed by atoms with Crippen LogP contribution in [0.5, 0.6) is 0 Å². The highest BCUT2D eigenvalue weighted by Gasteiger charge is 2.18. The zero-order valence-corrected chi connectivity index (χ0v) is 14.8. The van der Waals surface area contributed by atoms with Crippen molar-refractivity contribution in [2.75, 3.05) is 12.3 Å². The first kappa shape index (κ1) is 18.9. The van der Waals surface area contributed by atoms with E-state index in [-0.39, 0.29) is 35.5 Å². The third-order valence-electron chi connectivity index (χ3n) is 3.80. The lowest BCUT2D eigenvalue weighted by molar-refractivity contribution is 0.0761. The van der Waals surface area contributed by atoms with Crippen LogP contribution < -0.4 is 0 Å². The van der Waals surface area contributed by atoms with Gasteiger partial charge in [0.05, 0.1) is 10.6 Å². The molecule has 0 saturated carbocycles. The van der Waals surface area contributed by atoms with Gasteiger partial charge in [0.15, 0.2) is 9.84 Å². The fraction of sp³-hybridized carbons (Fsp3) is 0.211. The van der Waals surface area contributed by atoms with Crippen molar-refractivity contribution in [2.24, 2.45) is 0 Å². The largest absolute Gasteiger partial charge is 0.331 e. The second-order valence-electron chi connectivity index (χ2n) is 5.49. The van der Waals surface area contributed by atoms with Gasteiger partial charge in [-0.25, -0.2) is 12.8 Å². The molecule has 0 spiro atoms. The zero-order chi connectivity index (χ0) is 18.4. The Labute approximate surface area is 147 Å². The number of carbonyl (C=O) groups is 1. The summed E-state index contributed by atoms with van der Waals surface area (Å²) in [5.41, 5.74) is 0.746. The number of hydrogen-bond acceptors (Lipinski definition) is 3. The first-order valence-electron chi connectivity index (χ1n) is 7.85. The van der Waals surface area contributed by atoms with Crippen molar-refractivity contribution < 1.29 is 17.6 Å². The molecule has 0 aliphatic heterocycles. The van der Waals surface area contributed by atoms with Crippen LogP contribution in [0.4, 0.5) is 4.39 Å². The fourth-order valence-corrected chi connectivity index (χ4v) is 3.25. The van der Waals surface area contributed by atoms with Gasteiger partial charge in [0.2, 0.25) is 0 Å². The summed E-state index contributed by atoms with van der Waals surface area (Å²) in [6.07, 6.45) is 1.56. The van der Waals surface area contributed by atoms with Crippen LogP contribution in [0.25, 0.3) is 0 Å². The van der Waals surface area contributed by atoms with E-state index in [9.17, 15) is 17.6 Å². The Hall–Kier alpha value is -2.47. The first-order valence-corrected chi connectivity index (χ1v) is 9.50. The smallest absolute Gasteiger partial charge is 0.254 e. The number of hydrogen-bond donors (Lipinski definition) is 0. The molecule has 2 aromatic rings. The molecule has 6 heteroatoms. The first-order chi connectivity index (χ1) is 11.9. The highest BCUT2D eigenvalue weighted by Crippen LogP contribution is 2.16. The van der Waals surface area contributed by atoms with Gasteiger partial charge >= 0.3 is 0 Å². The molecule has 2 rings (SSSR count).